The number of oxime groups is 1. The third-order valence-corrected chi connectivity index (χ3v) is 5.55. The normalized spacial score (nSPS) is 14.9. The van der Waals surface area contributed by atoms with Gasteiger partial charge in [-0.2, -0.15) is 0 Å². The Morgan fingerprint density at radius 1 is 1.03 bits per heavy atom. The number of amides is 2. The highest BCUT2D eigenvalue weighted by Gasteiger charge is 2.22. The summed E-state index contributed by atoms with van der Waals surface area (Å²) in [5.74, 6) is 0.803. The number of hydrogen-bond donors (Lipinski definition) is 2. The second-order valence-electron chi connectivity index (χ2n) is 8.03. The molecular weight excluding hydrogens is 430 g/mol. The van der Waals surface area contributed by atoms with Gasteiger partial charge in [-0.15, -0.1) is 0 Å². The fourth-order valence-electron chi connectivity index (χ4n) is 3.81. The molecule has 0 fully saturated rings. The van der Waals surface area contributed by atoms with E-state index in [-0.39, 0.29) is 12.1 Å². The van der Waals surface area contributed by atoms with Gasteiger partial charge in [-0.3, -0.25) is 0 Å². The van der Waals surface area contributed by atoms with Crippen LogP contribution in [0.3, 0.4) is 0 Å². The number of urea groups is 1. The van der Waals surface area contributed by atoms with Crippen molar-refractivity contribution in [2.75, 3.05) is 13.2 Å². The van der Waals surface area contributed by atoms with Crippen molar-refractivity contribution in [1.29, 1.82) is 0 Å². The van der Waals surface area contributed by atoms with Crippen LogP contribution in [0.5, 0.6) is 5.75 Å². The van der Waals surface area contributed by atoms with Gasteiger partial charge in [-0.05, 0) is 23.3 Å². The van der Waals surface area contributed by atoms with Crippen LogP contribution >= 0.6 is 0 Å². The van der Waals surface area contributed by atoms with E-state index in [0.29, 0.717) is 26.1 Å². The molecule has 2 N–H and O–H groups in total. The van der Waals surface area contributed by atoms with Crippen molar-refractivity contribution in [1.82, 2.24) is 20.0 Å². The fraction of sp³-hybridized carbons (Fsp3) is 0.192. The van der Waals surface area contributed by atoms with Crippen molar-refractivity contribution in [2.45, 2.75) is 19.1 Å². The van der Waals surface area contributed by atoms with Crippen LogP contribution in [-0.4, -0.2) is 40.4 Å². The molecule has 1 aliphatic heterocycles. The standard InChI is InChI=1S/C26H25N5O3/c32-26(28-15-19-10-11-25-27-12-13-31(25)17-19)29-16-21-14-22(34-30-21)18-33-24-9-5-4-8-23(24)20-6-2-1-3-7-20/h1-13,17,22H,14-16,18H2,(H2,28,29,32). The molecule has 0 spiro atoms. The molecular formula is C26H25N5O3. The van der Waals surface area contributed by atoms with Crippen LogP contribution in [-0.2, 0) is 11.4 Å². The minimum atomic E-state index is -0.259. The van der Waals surface area contributed by atoms with Gasteiger partial charge in [0, 0.05) is 37.1 Å². The molecule has 34 heavy (non-hydrogen) atoms. The second-order valence-corrected chi connectivity index (χ2v) is 8.03. The molecule has 2 aromatic heterocycles. The van der Waals surface area contributed by atoms with Gasteiger partial charge in [0.1, 0.15) is 18.0 Å². The third-order valence-electron chi connectivity index (χ3n) is 5.55. The number of para-hydroxylation sites is 1. The molecule has 1 aliphatic rings. The van der Waals surface area contributed by atoms with E-state index >= 15 is 0 Å². The SMILES string of the molecule is O=C(NCC1=NOC(COc2ccccc2-c2ccccc2)C1)NCc1ccc2nccn2c1. The van der Waals surface area contributed by atoms with E-state index in [4.69, 9.17) is 9.57 Å². The predicted octanol–water partition coefficient (Wildman–Crippen LogP) is 4.02. The maximum absolute atomic E-state index is 12.2. The number of nitrogens with zero attached hydrogens (tertiary/aromatic N) is 3. The highest BCUT2D eigenvalue weighted by atomic mass is 16.7. The topological polar surface area (TPSA) is 89.2 Å². The largest absolute Gasteiger partial charge is 0.489 e. The summed E-state index contributed by atoms with van der Waals surface area (Å²) in [7, 11) is 0. The molecule has 8 heteroatoms. The number of carbonyl (C=O) groups is 1. The number of rotatable bonds is 8. The number of hydrogen-bond acceptors (Lipinski definition) is 5. The van der Waals surface area contributed by atoms with Crippen molar-refractivity contribution in [2.24, 2.45) is 5.16 Å². The number of imidazole rings is 1. The van der Waals surface area contributed by atoms with Gasteiger partial charge in [-0.25, -0.2) is 9.78 Å². The summed E-state index contributed by atoms with van der Waals surface area (Å²) in [4.78, 5) is 21.9. The van der Waals surface area contributed by atoms with Crippen molar-refractivity contribution < 1.29 is 14.4 Å². The molecule has 0 saturated heterocycles. The molecule has 3 heterocycles. The van der Waals surface area contributed by atoms with Crippen molar-refractivity contribution >= 4 is 17.4 Å². The van der Waals surface area contributed by atoms with Crippen LogP contribution < -0.4 is 15.4 Å². The number of fused-ring (bicyclic) bond motifs is 1. The zero-order chi connectivity index (χ0) is 23.2. The van der Waals surface area contributed by atoms with Gasteiger partial charge < -0.3 is 24.6 Å². The Kier molecular flexibility index (Phi) is 6.38. The average molecular weight is 456 g/mol. The van der Waals surface area contributed by atoms with Gasteiger partial charge in [0.05, 0.1) is 12.3 Å². The van der Waals surface area contributed by atoms with Gasteiger partial charge in [0.2, 0.25) is 0 Å². The van der Waals surface area contributed by atoms with E-state index < -0.39 is 0 Å². The van der Waals surface area contributed by atoms with Gasteiger partial charge in [-0.1, -0.05) is 59.8 Å². The lowest BCUT2D eigenvalue weighted by molar-refractivity contribution is 0.0472. The van der Waals surface area contributed by atoms with Crippen LogP contribution in [0.1, 0.15) is 12.0 Å². The Morgan fingerprint density at radius 2 is 1.85 bits per heavy atom. The number of nitrogens with one attached hydrogen (secondary N) is 2. The first-order valence-electron chi connectivity index (χ1n) is 11.2. The molecule has 2 amide bonds. The highest BCUT2D eigenvalue weighted by molar-refractivity contribution is 5.90. The molecule has 4 aromatic rings. The van der Waals surface area contributed by atoms with E-state index in [2.05, 4.69) is 32.9 Å². The molecule has 0 aliphatic carbocycles. The minimum absolute atomic E-state index is 0.189. The number of benzene rings is 2. The fourth-order valence-corrected chi connectivity index (χ4v) is 3.81. The third kappa shape index (κ3) is 5.17. The van der Waals surface area contributed by atoms with Crippen LogP contribution in [0.15, 0.2) is 90.5 Å². The quantitative estimate of drug-likeness (QED) is 0.420. The summed E-state index contributed by atoms with van der Waals surface area (Å²) in [5, 5.41) is 9.80. The molecule has 2 aromatic carbocycles. The van der Waals surface area contributed by atoms with E-state index in [1.807, 2.05) is 71.4 Å². The molecule has 0 radical (unpaired) electrons. The Bertz CT molecular complexity index is 1300. The van der Waals surface area contributed by atoms with E-state index in [1.54, 1.807) is 6.20 Å². The Morgan fingerprint density at radius 3 is 2.76 bits per heavy atom. The van der Waals surface area contributed by atoms with E-state index in [9.17, 15) is 4.79 Å². The van der Waals surface area contributed by atoms with E-state index in [0.717, 1.165) is 33.8 Å². The van der Waals surface area contributed by atoms with Gasteiger partial charge >= 0.3 is 6.03 Å². The van der Waals surface area contributed by atoms with E-state index in [1.165, 1.54) is 0 Å². The summed E-state index contributed by atoms with van der Waals surface area (Å²) < 4.78 is 7.97. The maximum atomic E-state index is 12.2. The Labute approximate surface area is 197 Å². The number of aromatic nitrogens is 2. The number of carbonyl (C=O) groups excluding carboxylic acids is 1. The molecule has 0 bridgehead atoms. The lowest BCUT2D eigenvalue weighted by Gasteiger charge is -2.14. The van der Waals surface area contributed by atoms with Gasteiger partial charge in [0.15, 0.2) is 6.10 Å². The Hall–Kier alpha value is -4.33. The van der Waals surface area contributed by atoms with Crippen LogP contribution in [0.2, 0.25) is 0 Å². The number of pyridine rings is 1. The minimum Gasteiger partial charge on any atom is -0.489 e. The summed E-state index contributed by atoms with van der Waals surface area (Å²) in [6.45, 7) is 1.11. The maximum Gasteiger partial charge on any atom is 0.315 e. The van der Waals surface area contributed by atoms with Crippen LogP contribution in [0.4, 0.5) is 4.79 Å². The first-order valence-corrected chi connectivity index (χ1v) is 11.2. The molecule has 1 atom stereocenters. The zero-order valence-electron chi connectivity index (χ0n) is 18.6. The monoisotopic (exact) mass is 455 g/mol. The zero-order valence-corrected chi connectivity index (χ0v) is 18.6. The molecule has 5 rings (SSSR count). The van der Waals surface area contributed by atoms with Crippen molar-refractivity contribution in [3.05, 3.63) is 90.9 Å². The molecule has 1 unspecified atom stereocenters. The summed E-state index contributed by atoms with van der Waals surface area (Å²) in [6.07, 6.45) is 5.97. The van der Waals surface area contributed by atoms with Gasteiger partial charge in [0.25, 0.3) is 0 Å². The predicted molar refractivity (Wildman–Crippen MR) is 130 cm³/mol. The summed E-state index contributed by atoms with van der Waals surface area (Å²) >= 11 is 0. The second kappa shape index (κ2) is 10.1. The summed E-state index contributed by atoms with van der Waals surface area (Å²) in [6, 6.07) is 21.7. The smallest absolute Gasteiger partial charge is 0.315 e. The summed E-state index contributed by atoms with van der Waals surface area (Å²) in [5.41, 5.74) is 4.76. The van der Waals surface area contributed by atoms with Crippen LogP contribution in [0.25, 0.3) is 16.8 Å². The lowest BCUT2D eigenvalue weighted by Crippen LogP contribution is -2.38. The first kappa shape index (κ1) is 21.5. The Balaban J connectivity index is 1.06. The first-order chi connectivity index (χ1) is 16.7. The average Bonchev–Trinajstić information content (AvgIpc) is 3.55. The van der Waals surface area contributed by atoms with Crippen LogP contribution in [0, 0.1) is 0 Å². The molecule has 8 nitrogen and oxygen atoms in total. The van der Waals surface area contributed by atoms with Crippen molar-refractivity contribution in [3.63, 3.8) is 0 Å². The molecule has 172 valence electrons. The molecule has 0 saturated carbocycles. The number of ether oxygens (including phenoxy) is 1. The van der Waals surface area contributed by atoms with Crippen molar-refractivity contribution in [3.8, 4) is 16.9 Å². The lowest BCUT2D eigenvalue weighted by atomic mass is 10.0. The highest BCUT2D eigenvalue weighted by Crippen LogP contribution is 2.30.